The van der Waals surface area contributed by atoms with E-state index >= 15 is 0 Å². The number of carbonyl (C=O) groups is 8. The van der Waals surface area contributed by atoms with Gasteiger partial charge in [-0.15, -0.1) is 0 Å². The van der Waals surface area contributed by atoms with Crippen molar-refractivity contribution in [2.75, 3.05) is 19.8 Å². The van der Waals surface area contributed by atoms with Crippen molar-refractivity contribution in [3.8, 4) is 0 Å². The second-order valence-corrected chi connectivity index (χ2v) is 12.6. The Kier molecular flexibility index (Phi) is 17.5. The Hall–Kier alpha value is -6.58. The van der Waals surface area contributed by atoms with Crippen molar-refractivity contribution in [1.82, 2.24) is 16.0 Å². The molecule has 0 heterocycles. The molecule has 3 amide bonds. The molecular weight excluding hydrogens is 718 g/mol. The minimum absolute atomic E-state index is 0.0172. The molecule has 3 unspecified atom stereocenters. The van der Waals surface area contributed by atoms with Gasteiger partial charge in [0, 0.05) is 6.42 Å². The summed E-state index contributed by atoms with van der Waals surface area (Å²) in [5.74, 6) is -5.77. The van der Waals surface area contributed by atoms with Crippen molar-refractivity contribution >= 4 is 48.6 Å². The SMILES string of the molecule is O=CC(Cc1ccccc1)NC(=O)OCC(COC(=O)CC(Cc1ccccc1)C(=O)O)(COC(=O)NC(C=O)Cc1ccccc1)NC(=O)CCC(=O)O. The number of hydrogen-bond donors (Lipinski definition) is 5. The maximum absolute atomic E-state index is 13.1. The molecule has 3 atom stereocenters. The molecule has 16 nitrogen and oxygen atoms in total. The summed E-state index contributed by atoms with van der Waals surface area (Å²) in [6, 6.07) is 23.9. The average molecular weight is 762 g/mol. The third-order valence-corrected chi connectivity index (χ3v) is 8.06. The highest BCUT2D eigenvalue weighted by Crippen LogP contribution is 2.17. The molecule has 5 N–H and O–H groups in total. The lowest BCUT2D eigenvalue weighted by Gasteiger charge is -2.33. The highest BCUT2D eigenvalue weighted by molar-refractivity contribution is 5.82. The number of aliphatic carboxylic acids is 2. The molecule has 0 saturated carbocycles. The van der Waals surface area contributed by atoms with Crippen molar-refractivity contribution in [3.05, 3.63) is 108 Å². The Morgan fingerprint density at radius 1 is 0.600 bits per heavy atom. The second kappa shape index (κ2) is 22.5. The zero-order chi connectivity index (χ0) is 40.1. The Labute approximate surface area is 316 Å². The summed E-state index contributed by atoms with van der Waals surface area (Å²) < 4.78 is 16.1. The van der Waals surface area contributed by atoms with E-state index in [0.29, 0.717) is 18.1 Å². The van der Waals surface area contributed by atoms with Crippen LogP contribution in [0.2, 0.25) is 0 Å². The van der Waals surface area contributed by atoms with E-state index in [4.69, 9.17) is 19.3 Å². The summed E-state index contributed by atoms with van der Waals surface area (Å²) in [7, 11) is 0. The number of carboxylic acid groups (broad SMARTS) is 2. The molecule has 0 aliphatic heterocycles. The Morgan fingerprint density at radius 3 is 1.42 bits per heavy atom. The minimum atomic E-state index is -2.08. The predicted molar refractivity (Wildman–Crippen MR) is 194 cm³/mol. The van der Waals surface area contributed by atoms with Crippen LogP contribution >= 0.6 is 0 Å². The highest BCUT2D eigenvalue weighted by atomic mass is 16.6. The Balaban J connectivity index is 1.83. The smallest absolute Gasteiger partial charge is 0.407 e. The van der Waals surface area contributed by atoms with E-state index in [9.17, 15) is 43.5 Å². The predicted octanol–water partition coefficient (Wildman–Crippen LogP) is 2.66. The molecule has 0 aliphatic rings. The van der Waals surface area contributed by atoms with Crippen molar-refractivity contribution in [3.63, 3.8) is 0 Å². The summed E-state index contributed by atoms with van der Waals surface area (Å²) >= 11 is 0. The summed E-state index contributed by atoms with van der Waals surface area (Å²) in [5, 5.41) is 26.1. The van der Waals surface area contributed by atoms with Crippen molar-refractivity contribution in [1.29, 1.82) is 0 Å². The maximum atomic E-state index is 13.1. The van der Waals surface area contributed by atoms with Gasteiger partial charge in [-0.2, -0.15) is 0 Å². The van der Waals surface area contributed by atoms with Gasteiger partial charge >= 0.3 is 30.1 Å². The molecule has 3 aromatic carbocycles. The Bertz CT molecular complexity index is 1670. The van der Waals surface area contributed by atoms with Gasteiger partial charge in [0.1, 0.15) is 37.9 Å². The molecule has 0 saturated heterocycles. The maximum Gasteiger partial charge on any atom is 0.407 e. The number of esters is 1. The third kappa shape index (κ3) is 16.3. The molecule has 0 bridgehead atoms. The number of carbonyl (C=O) groups excluding carboxylic acids is 6. The molecule has 0 aromatic heterocycles. The van der Waals surface area contributed by atoms with Crippen LogP contribution in [0, 0.1) is 5.92 Å². The highest BCUT2D eigenvalue weighted by Gasteiger charge is 2.38. The van der Waals surface area contributed by atoms with E-state index in [-0.39, 0.29) is 19.3 Å². The molecule has 55 heavy (non-hydrogen) atoms. The molecule has 3 rings (SSSR count). The summed E-state index contributed by atoms with van der Waals surface area (Å²) in [6.45, 7) is -2.57. The zero-order valence-corrected chi connectivity index (χ0v) is 29.8. The molecule has 0 aliphatic carbocycles. The van der Waals surface area contributed by atoms with Gasteiger partial charge in [-0.25, -0.2) is 9.59 Å². The lowest BCUT2D eigenvalue weighted by atomic mass is 9.96. The summed E-state index contributed by atoms with van der Waals surface area (Å²) in [5.41, 5.74) is 0.00567. The fourth-order valence-electron chi connectivity index (χ4n) is 5.23. The lowest BCUT2D eigenvalue weighted by Crippen LogP contribution is -2.60. The van der Waals surface area contributed by atoms with Crippen LogP contribution in [-0.4, -0.2) is 96.2 Å². The quantitative estimate of drug-likeness (QED) is 0.0531. The van der Waals surface area contributed by atoms with Crippen LogP contribution in [0.5, 0.6) is 0 Å². The van der Waals surface area contributed by atoms with Crippen LogP contribution in [0.15, 0.2) is 91.0 Å². The van der Waals surface area contributed by atoms with Gasteiger partial charge in [-0.3, -0.25) is 19.2 Å². The fourth-order valence-corrected chi connectivity index (χ4v) is 5.23. The molecule has 3 aromatic rings. The molecule has 0 fully saturated rings. The third-order valence-electron chi connectivity index (χ3n) is 8.06. The van der Waals surface area contributed by atoms with E-state index in [0.717, 1.165) is 11.1 Å². The number of ether oxygens (including phenoxy) is 3. The first kappa shape index (κ1) is 42.8. The van der Waals surface area contributed by atoms with Gasteiger partial charge in [0.15, 0.2) is 0 Å². The number of nitrogens with one attached hydrogen (secondary N) is 3. The van der Waals surface area contributed by atoms with Crippen molar-refractivity contribution in [2.45, 2.75) is 56.1 Å². The first-order valence-corrected chi connectivity index (χ1v) is 17.2. The van der Waals surface area contributed by atoms with E-state index in [1.807, 2.05) is 0 Å². The van der Waals surface area contributed by atoms with E-state index in [1.54, 1.807) is 91.0 Å². The molecule has 292 valence electrons. The Morgan fingerprint density at radius 2 is 1.02 bits per heavy atom. The molecule has 0 spiro atoms. The topological polar surface area (TPSA) is 241 Å². The molecule has 16 heteroatoms. The van der Waals surface area contributed by atoms with E-state index < -0.39 is 98.6 Å². The summed E-state index contributed by atoms with van der Waals surface area (Å²) in [6.07, 6.45) is -2.96. The number of aldehydes is 2. The van der Waals surface area contributed by atoms with Gasteiger partial charge < -0.3 is 50.0 Å². The van der Waals surface area contributed by atoms with E-state index in [1.165, 1.54) is 0 Å². The number of carboxylic acids is 2. The normalized spacial score (nSPS) is 13.3. The van der Waals surface area contributed by atoms with Crippen LogP contribution in [0.3, 0.4) is 0 Å². The average Bonchev–Trinajstić information content (AvgIpc) is 3.18. The first-order chi connectivity index (χ1) is 26.4. The minimum Gasteiger partial charge on any atom is -0.481 e. The van der Waals surface area contributed by atoms with Crippen LogP contribution < -0.4 is 16.0 Å². The van der Waals surface area contributed by atoms with Gasteiger partial charge in [0.05, 0.1) is 30.8 Å². The van der Waals surface area contributed by atoms with Gasteiger partial charge in [0.2, 0.25) is 5.91 Å². The summed E-state index contributed by atoms with van der Waals surface area (Å²) in [4.78, 5) is 98.9. The second-order valence-electron chi connectivity index (χ2n) is 12.6. The number of benzene rings is 3. The standard InChI is InChI=1S/C39H43N3O13/c43-22-31(19-28-12-6-2-7-13-28)40-37(51)54-25-39(42-33(45)16-17-34(46)47,26-55-38(52)41-32(23-44)20-29-14-8-3-9-15-29)24-53-35(48)21-30(36(49)50)18-27-10-4-1-5-11-27/h1-15,22-23,30-32H,16-21,24-26H2,(H,40,51)(H,41,52)(H,42,45)(H,46,47)(H,49,50). The monoisotopic (exact) mass is 761 g/mol. The van der Waals surface area contributed by atoms with Crippen molar-refractivity contribution < 1.29 is 62.8 Å². The largest absolute Gasteiger partial charge is 0.481 e. The van der Waals surface area contributed by atoms with Crippen LogP contribution in [0.25, 0.3) is 0 Å². The van der Waals surface area contributed by atoms with Crippen LogP contribution in [-0.2, 0) is 62.2 Å². The number of alkyl carbamates (subject to hydrolysis) is 2. The number of rotatable bonds is 23. The molecular formula is C39H43N3O13. The number of amides is 3. The van der Waals surface area contributed by atoms with Gasteiger partial charge in [-0.05, 0) is 36.0 Å². The van der Waals surface area contributed by atoms with Gasteiger partial charge in [-0.1, -0.05) is 91.0 Å². The van der Waals surface area contributed by atoms with Crippen molar-refractivity contribution in [2.24, 2.45) is 5.92 Å². The van der Waals surface area contributed by atoms with Crippen LogP contribution in [0.4, 0.5) is 9.59 Å². The first-order valence-electron chi connectivity index (χ1n) is 17.2. The lowest BCUT2D eigenvalue weighted by molar-refractivity contribution is -0.154. The van der Waals surface area contributed by atoms with Crippen LogP contribution in [0.1, 0.15) is 36.0 Å². The zero-order valence-electron chi connectivity index (χ0n) is 29.8. The van der Waals surface area contributed by atoms with E-state index in [2.05, 4.69) is 16.0 Å². The number of hydrogen-bond acceptors (Lipinski definition) is 11. The van der Waals surface area contributed by atoms with Gasteiger partial charge in [0.25, 0.3) is 0 Å². The molecule has 0 radical (unpaired) electrons. The fraction of sp³-hybridized carbons (Fsp3) is 0.333.